The molecule has 0 spiro atoms. The van der Waals surface area contributed by atoms with Gasteiger partial charge in [-0.05, 0) is 12.8 Å². The molecule has 1 fully saturated rings. The van der Waals surface area contributed by atoms with Gasteiger partial charge in [-0.3, -0.25) is 0 Å². The summed E-state index contributed by atoms with van der Waals surface area (Å²) in [5.74, 6) is -0.476. The van der Waals surface area contributed by atoms with E-state index in [4.69, 9.17) is 9.84 Å². The molecule has 0 amide bonds. The highest BCUT2D eigenvalue weighted by Crippen LogP contribution is 2.23. The van der Waals surface area contributed by atoms with Crippen LogP contribution in [0.2, 0.25) is 0 Å². The Balaban J connectivity index is 2.01. The molecule has 0 radical (unpaired) electrons. The minimum atomic E-state index is -1.07. The summed E-state index contributed by atoms with van der Waals surface area (Å²) < 4.78 is 5.43. The Kier molecular flexibility index (Phi) is 4.09. The van der Waals surface area contributed by atoms with Gasteiger partial charge in [0, 0.05) is 7.11 Å². The van der Waals surface area contributed by atoms with Crippen molar-refractivity contribution in [2.75, 3.05) is 12.4 Å². The smallest absolute Gasteiger partial charge is 0.356 e. The molecule has 6 heteroatoms. The summed E-state index contributed by atoms with van der Waals surface area (Å²) in [6, 6.07) is 0.216. The van der Waals surface area contributed by atoms with E-state index in [1.165, 1.54) is 18.8 Å². The summed E-state index contributed by atoms with van der Waals surface area (Å²) in [4.78, 5) is 18.5. The Morgan fingerprint density at radius 1 is 1.39 bits per heavy atom. The van der Waals surface area contributed by atoms with E-state index >= 15 is 0 Å². The van der Waals surface area contributed by atoms with Gasteiger partial charge in [0.1, 0.15) is 5.82 Å². The number of carbonyl (C=O) groups is 1. The zero-order chi connectivity index (χ0) is 13.0. The molecule has 1 aromatic rings. The zero-order valence-corrected chi connectivity index (χ0v) is 10.3. The fourth-order valence-electron chi connectivity index (χ4n) is 2.25. The summed E-state index contributed by atoms with van der Waals surface area (Å²) in [6.07, 6.45) is 7.30. The number of aromatic nitrogens is 2. The van der Waals surface area contributed by atoms with Crippen molar-refractivity contribution in [2.45, 2.75) is 37.8 Å². The number of aromatic carboxylic acids is 1. The van der Waals surface area contributed by atoms with Crippen LogP contribution in [0.3, 0.4) is 0 Å². The average molecular weight is 251 g/mol. The van der Waals surface area contributed by atoms with Crippen LogP contribution < -0.4 is 5.32 Å². The number of anilines is 1. The molecule has 0 aromatic carbocycles. The van der Waals surface area contributed by atoms with Crippen LogP contribution in [-0.4, -0.2) is 40.3 Å². The van der Waals surface area contributed by atoms with E-state index in [0.717, 1.165) is 19.3 Å². The monoisotopic (exact) mass is 251 g/mol. The Morgan fingerprint density at radius 3 is 2.78 bits per heavy atom. The largest absolute Gasteiger partial charge is 0.476 e. The van der Waals surface area contributed by atoms with Gasteiger partial charge < -0.3 is 15.2 Å². The first kappa shape index (κ1) is 12.8. The molecule has 6 nitrogen and oxygen atoms in total. The predicted molar refractivity (Wildman–Crippen MR) is 65.7 cm³/mol. The first-order valence-electron chi connectivity index (χ1n) is 6.05. The maximum Gasteiger partial charge on any atom is 0.356 e. The number of nitrogens with one attached hydrogen (secondary N) is 1. The van der Waals surface area contributed by atoms with E-state index in [0.29, 0.717) is 5.82 Å². The van der Waals surface area contributed by atoms with Crippen molar-refractivity contribution in [3.05, 3.63) is 18.1 Å². The van der Waals surface area contributed by atoms with Crippen LogP contribution in [0.15, 0.2) is 12.4 Å². The lowest BCUT2D eigenvalue weighted by atomic mass is 9.92. The third kappa shape index (κ3) is 2.95. The summed E-state index contributed by atoms with van der Waals surface area (Å²) in [7, 11) is 1.71. The Bertz CT molecular complexity index is 408. The standard InChI is InChI=1S/C12H17N3O3/c1-18-10-5-3-2-4-8(10)15-11-7-13-9(6-14-11)12(16)17/h6-8,10H,2-5H2,1H3,(H,14,15)(H,16,17)/t8-,10-/m1/s1. The first-order valence-corrected chi connectivity index (χ1v) is 6.05. The molecule has 0 aliphatic heterocycles. The van der Waals surface area contributed by atoms with E-state index in [9.17, 15) is 4.79 Å². The molecular weight excluding hydrogens is 234 g/mol. The quantitative estimate of drug-likeness (QED) is 0.844. The number of ether oxygens (including phenoxy) is 1. The van der Waals surface area contributed by atoms with Crippen molar-refractivity contribution < 1.29 is 14.6 Å². The Hall–Kier alpha value is -1.69. The summed E-state index contributed by atoms with van der Waals surface area (Å²) >= 11 is 0. The van der Waals surface area contributed by atoms with Crippen molar-refractivity contribution in [1.29, 1.82) is 0 Å². The number of nitrogens with zero attached hydrogens (tertiary/aromatic N) is 2. The minimum absolute atomic E-state index is 0.0486. The zero-order valence-electron chi connectivity index (χ0n) is 10.3. The van der Waals surface area contributed by atoms with Gasteiger partial charge in [-0.2, -0.15) is 0 Å². The highest BCUT2D eigenvalue weighted by molar-refractivity contribution is 5.84. The van der Waals surface area contributed by atoms with Gasteiger partial charge in [-0.25, -0.2) is 14.8 Å². The number of carboxylic acid groups (broad SMARTS) is 1. The molecule has 98 valence electrons. The second-order valence-electron chi connectivity index (χ2n) is 4.40. The summed E-state index contributed by atoms with van der Waals surface area (Å²) in [6.45, 7) is 0. The van der Waals surface area contributed by atoms with Crippen LogP contribution in [0.25, 0.3) is 0 Å². The Labute approximate surface area is 105 Å². The van der Waals surface area contributed by atoms with Gasteiger partial charge >= 0.3 is 5.97 Å². The molecule has 18 heavy (non-hydrogen) atoms. The predicted octanol–water partition coefficient (Wildman–Crippen LogP) is 1.54. The molecule has 1 aliphatic carbocycles. The molecule has 2 N–H and O–H groups in total. The fraction of sp³-hybridized carbons (Fsp3) is 0.583. The van der Waals surface area contributed by atoms with E-state index in [1.807, 2.05) is 0 Å². The number of rotatable bonds is 4. The lowest BCUT2D eigenvalue weighted by Crippen LogP contribution is -2.38. The lowest BCUT2D eigenvalue weighted by Gasteiger charge is -2.31. The van der Waals surface area contributed by atoms with Crippen LogP contribution in [-0.2, 0) is 4.74 Å². The molecule has 0 unspecified atom stereocenters. The van der Waals surface area contributed by atoms with Crippen LogP contribution >= 0.6 is 0 Å². The molecule has 0 saturated heterocycles. The van der Waals surface area contributed by atoms with Gasteiger partial charge in [0.25, 0.3) is 0 Å². The van der Waals surface area contributed by atoms with Crippen LogP contribution in [0.5, 0.6) is 0 Å². The summed E-state index contributed by atoms with van der Waals surface area (Å²) in [5, 5.41) is 12.0. The van der Waals surface area contributed by atoms with Crippen LogP contribution in [0.1, 0.15) is 36.2 Å². The Morgan fingerprint density at radius 2 is 2.17 bits per heavy atom. The maximum absolute atomic E-state index is 10.7. The van der Waals surface area contributed by atoms with Gasteiger partial charge in [0.05, 0.1) is 24.5 Å². The molecule has 0 bridgehead atoms. The molecular formula is C12H17N3O3. The molecule has 2 rings (SSSR count). The van der Waals surface area contributed by atoms with Crippen molar-refractivity contribution >= 4 is 11.8 Å². The van der Waals surface area contributed by atoms with E-state index < -0.39 is 5.97 Å². The van der Waals surface area contributed by atoms with Crippen molar-refractivity contribution in [1.82, 2.24) is 9.97 Å². The minimum Gasteiger partial charge on any atom is -0.476 e. The molecule has 2 atom stereocenters. The van der Waals surface area contributed by atoms with E-state index in [2.05, 4.69) is 15.3 Å². The number of methoxy groups -OCH3 is 1. The SMILES string of the molecule is CO[C@@H]1CCCC[C@H]1Nc1cnc(C(=O)O)cn1. The van der Waals surface area contributed by atoms with Crippen LogP contribution in [0.4, 0.5) is 5.82 Å². The van der Waals surface area contributed by atoms with Crippen LogP contribution in [0, 0.1) is 0 Å². The number of hydrogen-bond acceptors (Lipinski definition) is 5. The van der Waals surface area contributed by atoms with Crippen molar-refractivity contribution in [3.63, 3.8) is 0 Å². The topological polar surface area (TPSA) is 84.3 Å². The number of carboxylic acids is 1. The highest BCUT2D eigenvalue weighted by Gasteiger charge is 2.25. The van der Waals surface area contributed by atoms with Crippen molar-refractivity contribution in [3.8, 4) is 0 Å². The first-order chi connectivity index (χ1) is 8.70. The maximum atomic E-state index is 10.7. The third-order valence-corrected chi connectivity index (χ3v) is 3.21. The van der Waals surface area contributed by atoms with Gasteiger partial charge in [0.2, 0.25) is 0 Å². The van der Waals surface area contributed by atoms with Gasteiger partial charge in [-0.1, -0.05) is 12.8 Å². The molecule has 1 aromatic heterocycles. The molecule has 1 saturated carbocycles. The van der Waals surface area contributed by atoms with Gasteiger partial charge in [0.15, 0.2) is 5.69 Å². The third-order valence-electron chi connectivity index (χ3n) is 3.21. The molecule has 1 aliphatic rings. The van der Waals surface area contributed by atoms with Crippen molar-refractivity contribution in [2.24, 2.45) is 0 Å². The van der Waals surface area contributed by atoms with E-state index in [-0.39, 0.29) is 17.8 Å². The van der Waals surface area contributed by atoms with Gasteiger partial charge in [-0.15, -0.1) is 0 Å². The highest BCUT2D eigenvalue weighted by atomic mass is 16.5. The number of hydrogen-bond donors (Lipinski definition) is 2. The second kappa shape index (κ2) is 5.77. The average Bonchev–Trinajstić information content (AvgIpc) is 2.40. The van der Waals surface area contributed by atoms with E-state index in [1.54, 1.807) is 7.11 Å². The lowest BCUT2D eigenvalue weighted by molar-refractivity contribution is 0.0604. The summed E-state index contributed by atoms with van der Waals surface area (Å²) in [5.41, 5.74) is -0.0486. The normalized spacial score (nSPS) is 23.6. The molecule has 1 heterocycles. The second-order valence-corrected chi connectivity index (χ2v) is 4.40. The fourth-order valence-corrected chi connectivity index (χ4v) is 2.25.